The van der Waals surface area contributed by atoms with Crippen LogP contribution < -0.4 is 14.8 Å². The summed E-state index contributed by atoms with van der Waals surface area (Å²) < 4.78 is 11.5. The second-order valence-electron chi connectivity index (χ2n) is 4.84. The van der Waals surface area contributed by atoms with Gasteiger partial charge in [0.25, 0.3) is 0 Å². The highest BCUT2D eigenvalue weighted by atomic mass is 32.2. The molecule has 0 aliphatic rings. The Bertz CT molecular complexity index is 808. The number of ether oxygens (including phenoxy) is 2. The first kappa shape index (κ1) is 16.6. The standard InChI is InChI=1S/C17H17N3O2S2/c1-21-13-7-5-6-12(10-13)11-23-17-20-19-16(24-17)18-14-8-3-4-9-15(14)22-2/h3-10H,11H2,1-2H3,(H,18,19). The van der Waals surface area contributed by atoms with Crippen LogP contribution in [0.5, 0.6) is 11.5 Å². The van der Waals surface area contributed by atoms with Crippen molar-refractivity contribution in [3.63, 3.8) is 0 Å². The molecular formula is C17H17N3O2S2. The maximum absolute atomic E-state index is 5.33. The Kier molecular flexibility index (Phi) is 5.55. The number of thioether (sulfide) groups is 1. The highest BCUT2D eigenvalue weighted by Crippen LogP contribution is 2.32. The maximum atomic E-state index is 5.33. The Morgan fingerprint density at radius 1 is 1.04 bits per heavy atom. The molecule has 1 aromatic heterocycles. The van der Waals surface area contributed by atoms with E-state index in [0.717, 1.165) is 32.4 Å². The van der Waals surface area contributed by atoms with Crippen molar-refractivity contribution in [3.05, 3.63) is 54.1 Å². The maximum Gasteiger partial charge on any atom is 0.210 e. The Morgan fingerprint density at radius 3 is 2.75 bits per heavy atom. The average Bonchev–Trinajstić information content (AvgIpc) is 3.08. The van der Waals surface area contributed by atoms with Gasteiger partial charge in [-0.2, -0.15) is 0 Å². The third kappa shape index (κ3) is 4.18. The number of para-hydroxylation sites is 2. The van der Waals surface area contributed by atoms with Crippen molar-refractivity contribution in [1.82, 2.24) is 10.2 Å². The summed E-state index contributed by atoms with van der Waals surface area (Å²) in [5, 5.41) is 12.4. The molecule has 24 heavy (non-hydrogen) atoms. The molecule has 7 heteroatoms. The summed E-state index contributed by atoms with van der Waals surface area (Å²) in [4.78, 5) is 0. The predicted molar refractivity (Wildman–Crippen MR) is 98.7 cm³/mol. The topological polar surface area (TPSA) is 56.3 Å². The highest BCUT2D eigenvalue weighted by Gasteiger charge is 2.08. The van der Waals surface area contributed by atoms with Gasteiger partial charge in [-0.1, -0.05) is 47.4 Å². The lowest BCUT2D eigenvalue weighted by atomic mass is 10.2. The number of hydrogen-bond donors (Lipinski definition) is 1. The first-order valence-electron chi connectivity index (χ1n) is 7.28. The van der Waals surface area contributed by atoms with Crippen molar-refractivity contribution in [3.8, 4) is 11.5 Å². The minimum absolute atomic E-state index is 0.743. The van der Waals surface area contributed by atoms with E-state index in [-0.39, 0.29) is 0 Å². The molecule has 124 valence electrons. The number of benzene rings is 2. The fourth-order valence-corrected chi connectivity index (χ4v) is 3.80. The fraction of sp³-hybridized carbons (Fsp3) is 0.176. The van der Waals surface area contributed by atoms with Crippen molar-refractivity contribution >= 4 is 33.9 Å². The molecule has 0 saturated heterocycles. The zero-order valence-electron chi connectivity index (χ0n) is 13.4. The molecule has 2 aromatic carbocycles. The zero-order valence-corrected chi connectivity index (χ0v) is 15.0. The number of methoxy groups -OCH3 is 2. The normalized spacial score (nSPS) is 10.4. The molecule has 0 bridgehead atoms. The molecule has 0 radical (unpaired) electrons. The van der Waals surface area contributed by atoms with Crippen molar-refractivity contribution in [2.75, 3.05) is 19.5 Å². The second-order valence-corrected chi connectivity index (χ2v) is 7.04. The molecule has 3 rings (SSSR count). The van der Waals surface area contributed by atoms with Crippen molar-refractivity contribution in [2.45, 2.75) is 10.1 Å². The van der Waals surface area contributed by atoms with Gasteiger partial charge in [0, 0.05) is 5.75 Å². The number of hydrogen-bond acceptors (Lipinski definition) is 7. The number of nitrogens with one attached hydrogen (secondary N) is 1. The Labute approximate surface area is 149 Å². The van der Waals surface area contributed by atoms with Crippen LogP contribution in [0, 0.1) is 0 Å². The lowest BCUT2D eigenvalue weighted by Gasteiger charge is -2.07. The van der Waals surface area contributed by atoms with Gasteiger partial charge in [-0.3, -0.25) is 0 Å². The summed E-state index contributed by atoms with van der Waals surface area (Å²) in [5.74, 6) is 2.46. The third-order valence-corrected chi connectivity index (χ3v) is 5.29. The number of rotatable bonds is 7. The average molecular weight is 359 g/mol. The molecule has 1 N–H and O–H groups in total. The van der Waals surface area contributed by atoms with E-state index in [1.54, 1.807) is 26.0 Å². The van der Waals surface area contributed by atoms with Crippen LogP contribution in [-0.2, 0) is 5.75 Å². The largest absolute Gasteiger partial charge is 0.497 e. The molecular weight excluding hydrogens is 342 g/mol. The smallest absolute Gasteiger partial charge is 0.210 e. The van der Waals surface area contributed by atoms with E-state index in [0.29, 0.717) is 0 Å². The van der Waals surface area contributed by atoms with Gasteiger partial charge < -0.3 is 14.8 Å². The van der Waals surface area contributed by atoms with Gasteiger partial charge in [0.15, 0.2) is 4.34 Å². The van der Waals surface area contributed by atoms with Gasteiger partial charge in [-0.25, -0.2) is 0 Å². The second kappa shape index (κ2) is 8.03. The first-order valence-corrected chi connectivity index (χ1v) is 9.08. The van der Waals surface area contributed by atoms with Crippen molar-refractivity contribution in [1.29, 1.82) is 0 Å². The van der Waals surface area contributed by atoms with Crippen LogP contribution in [0.2, 0.25) is 0 Å². The van der Waals surface area contributed by atoms with E-state index in [2.05, 4.69) is 21.6 Å². The van der Waals surface area contributed by atoms with Crippen LogP contribution in [0.25, 0.3) is 0 Å². The Hall–Kier alpha value is -2.25. The van der Waals surface area contributed by atoms with E-state index >= 15 is 0 Å². The van der Waals surface area contributed by atoms with Gasteiger partial charge in [0.05, 0.1) is 19.9 Å². The van der Waals surface area contributed by atoms with Gasteiger partial charge in [-0.15, -0.1) is 10.2 Å². The number of anilines is 2. The molecule has 0 amide bonds. The summed E-state index contributed by atoms with van der Waals surface area (Å²) in [6, 6.07) is 15.8. The van der Waals surface area contributed by atoms with Gasteiger partial charge in [0.2, 0.25) is 5.13 Å². The zero-order chi connectivity index (χ0) is 16.8. The van der Waals surface area contributed by atoms with Crippen LogP contribution in [0.3, 0.4) is 0 Å². The minimum atomic E-state index is 0.743. The lowest BCUT2D eigenvalue weighted by molar-refractivity contribution is 0.414. The molecule has 0 fully saturated rings. The van der Waals surface area contributed by atoms with Crippen LogP contribution in [0.1, 0.15) is 5.56 Å². The van der Waals surface area contributed by atoms with Crippen LogP contribution in [0.4, 0.5) is 10.8 Å². The van der Waals surface area contributed by atoms with Crippen molar-refractivity contribution < 1.29 is 9.47 Å². The van der Waals surface area contributed by atoms with E-state index in [1.165, 1.54) is 16.9 Å². The molecule has 0 aliphatic carbocycles. The molecule has 1 heterocycles. The summed E-state index contributed by atoms with van der Waals surface area (Å²) >= 11 is 3.17. The number of aromatic nitrogens is 2. The summed E-state index contributed by atoms with van der Waals surface area (Å²) in [6.07, 6.45) is 0. The number of nitrogens with zero attached hydrogens (tertiary/aromatic N) is 2. The quantitative estimate of drug-likeness (QED) is 0.623. The van der Waals surface area contributed by atoms with E-state index in [4.69, 9.17) is 9.47 Å². The van der Waals surface area contributed by atoms with Crippen LogP contribution in [0.15, 0.2) is 52.9 Å². The monoisotopic (exact) mass is 359 g/mol. The van der Waals surface area contributed by atoms with Crippen LogP contribution in [-0.4, -0.2) is 24.4 Å². The van der Waals surface area contributed by atoms with Gasteiger partial charge >= 0.3 is 0 Å². The van der Waals surface area contributed by atoms with E-state index < -0.39 is 0 Å². The SMILES string of the molecule is COc1cccc(CSc2nnc(Nc3ccccc3OC)s2)c1. The molecule has 0 saturated carbocycles. The minimum Gasteiger partial charge on any atom is -0.497 e. The molecule has 0 atom stereocenters. The molecule has 3 aromatic rings. The molecule has 5 nitrogen and oxygen atoms in total. The third-order valence-electron chi connectivity index (χ3n) is 3.25. The van der Waals surface area contributed by atoms with E-state index in [9.17, 15) is 0 Å². The predicted octanol–water partition coefficient (Wildman–Crippen LogP) is 4.59. The Morgan fingerprint density at radius 2 is 1.92 bits per heavy atom. The van der Waals surface area contributed by atoms with Gasteiger partial charge in [0.1, 0.15) is 11.5 Å². The van der Waals surface area contributed by atoms with Crippen molar-refractivity contribution in [2.24, 2.45) is 0 Å². The lowest BCUT2D eigenvalue weighted by Crippen LogP contribution is -1.93. The Balaban J connectivity index is 1.63. The van der Waals surface area contributed by atoms with E-state index in [1.807, 2.05) is 42.5 Å². The van der Waals surface area contributed by atoms with Crippen LogP contribution >= 0.6 is 23.1 Å². The van der Waals surface area contributed by atoms with Gasteiger partial charge in [-0.05, 0) is 29.8 Å². The molecule has 0 aliphatic heterocycles. The molecule has 0 unspecified atom stereocenters. The summed E-state index contributed by atoms with van der Waals surface area (Å²) in [7, 11) is 3.32. The fourth-order valence-electron chi connectivity index (χ4n) is 2.09. The molecule has 0 spiro atoms. The first-order chi connectivity index (χ1) is 11.8. The summed E-state index contributed by atoms with van der Waals surface area (Å²) in [5.41, 5.74) is 2.06. The highest BCUT2D eigenvalue weighted by molar-refractivity contribution is 8.00. The summed E-state index contributed by atoms with van der Waals surface area (Å²) in [6.45, 7) is 0.